The summed E-state index contributed by atoms with van der Waals surface area (Å²) in [5.41, 5.74) is 6.47. The maximum absolute atomic E-state index is 11.9. The van der Waals surface area contributed by atoms with E-state index in [1.165, 1.54) is 0 Å². The minimum absolute atomic E-state index is 0.107. The number of rotatable bonds is 3. The smallest absolute Gasteiger partial charge is 0.272 e. The third kappa shape index (κ3) is 2.56. The highest BCUT2D eigenvalue weighted by Gasteiger charge is 2.12. The summed E-state index contributed by atoms with van der Waals surface area (Å²) in [5, 5.41) is 8.79. The number of nitrogens with two attached hydrogens (primary N) is 1. The fourth-order valence-electron chi connectivity index (χ4n) is 1.15. The van der Waals surface area contributed by atoms with Gasteiger partial charge in [-0.05, 0) is 18.6 Å². The maximum atomic E-state index is 11.9. The van der Waals surface area contributed by atoms with Crippen LogP contribution in [0.15, 0.2) is 12.1 Å². The van der Waals surface area contributed by atoms with Gasteiger partial charge in [-0.25, -0.2) is 8.78 Å². The summed E-state index contributed by atoms with van der Waals surface area (Å²) >= 11 is 0. The number of nitrogens with zero attached hydrogens (tertiary/aromatic N) is 1. The number of hydrogen-bond donors (Lipinski definition) is 1. The zero-order chi connectivity index (χ0) is 11.4. The van der Waals surface area contributed by atoms with Gasteiger partial charge in [-0.15, -0.1) is 0 Å². The van der Waals surface area contributed by atoms with Crippen LogP contribution in [0.3, 0.4) is 0 Å². The van der Waals surface area contributed by atoms with Crippen LogP contribution in [0.25, 0.3) is 0 Å². The largest absolute Gasteiger partial charge is 0.486 e. The number of hydrogen-bond acceptors (Lipinski definition) is 3. The van der Waals surface area contributed by atoms with Gasteiger partial charge in [-0.1, -0.05) is 6.07 Å². The summed E-state index contributed by atoms with van der Waals surface area (Å²) < 4.78 is 28.7. The molecule has 0 aromatic heterocycles. The first-order chi connectivity index (χ1) is 7.06. The van der Waals surface area contributed by atoms with E-state index in [-0.39, 0.29) is 17.0 Å². The van der Waals surface area contributed by atoms with Crippen LogP contribution in [0.4, 0.5) is 14.5 Å². The lowest BCUT2D eigenvalue weighted by Crippen LogP contribution is -2.09. The summed E-state index contributed by atoms with van der Waals surface area (Å²) in [5.74, 6) is 0.137. The van der Waals surface area contributed by atoms with Gasteiger partial charge in [0, 0.05) is 0 Å². The maximum Gasteiger partial charge on any atom is 0.272 e. The van der Waals surface area contributed by atoms with Crippen LogP contribution in [0.1, 0.15) is 11.1 Å². The van der Waals surface area contributed by atoms with E-state index >= 15 is 0 Å². The normalized spacial score (nSPS) is 10.1. The number of aryl methyl sites for hydroxylation is 1. The molecule has 15 heavy (non-hydrogen) atoms. The molecule has 3 nitrogen and oxygen atoms in total. The number of halogens is 2. The van der Waals surface area contributed by atoms with Crippen molar-refractivity contribution in [3.8, 4) is 11.8 Å². The van der Waals surface area contributed by atoms with Crippen molar-refractivity contribution in [1.29, 1.82) is 5.26 Å². The summed E-state index contributed by atoms with van der Waals surface area (Å²) in [7, 11) is 0. The molecule has 1 aromatic carbocycles. The zero-order valence-corrected chi connectivity index (χ0v) is 8.13. The van der Waals surface area contributed by atoms with E-state index in [4.69, 9.17) is 15.7 Å². The van der Waals surface area contributed by atoms with Crippen LogP contribution in [0.5, 0.6) is 5.75 Å². The molecule has 0 radical (unpaired) electrons. The van der Waals surface area contributed by atoms with Crippen LogP contribution >= 0.6 is 0 Å². The molecule has 80 valence electrons. The second kappa shape index (κ2) is 4.60. The average molecular weight is 212 g/mol. The van der Waals surface area contributed by atoms with Gasteiger partial charge in [0.15, 0.2) is 0 Å². The number of benzene rings is 1. The van der Waals surface area contributed by atoms with E-state index in [9.17, 15) is 8.78 Å². The highest BCUT2D eigenvalue weighted by molar-refractivity contribution is 5.63. The van der Waals surface area contributed by atoms with E-state index in [0.717, 1.165) is 0 Å². The topological polar surface area (TPSA) is 59.0 Å². The second-order valence-corrected chi connectivity index (χ2v) is 2.99. The van der Waals surface area contributed by atoms with E-state index in [2.05, 4.69) is 0 Å². The lowest BCUT2D eigenvalue weighted by Gasteiger charge is -2.11. The van der Waals surface area contributed by atoms with Crippen LogP contribution in [0, 0.1) is 18.3 Å². The Kier molecular flexibility index (Phi) is 3.45. The Labute approximate surface area is 86.1 Å². The van der Waals surface area contributed by atoms with Crippen LogP contribution in [0.2, 0.25) is 0 Å². The molecule has 0 saturated carbocycles. The quantitative estimate of drug-likeness (QED) is 0.780. The van der Waals surface area contributed by atoms with Crippen molar-refractivity contribution in [2.45, 2.75) is 13.3 Å². The molecule has 0 heterocycles. The van der Waals surface area contributed by atoms with Crippen LogP contribution in [-0.2, 0) is 0 Å². The molecule has 0 bridgehead atoms. The lowest BCUT2D eigenvalue weighted by atomic mass is 10.1. The second-order valence-electron chi connectivity index (χ2n) is 2.99. The Bertz CT molecular complexity index is 399. The SMILES string of the molecule is Cc1ccc(N)c(C#N)c1OCC(F)F. The molecule has 1 aromatic rings. The predicted octanol–water partition coefficient (Wildman–Crippen LogP) is 2.09. The number of alkyl halides is 2. The average Bonchev–Trinajstić information content (AvgIpc) is 2.19. The number of nitrogen functional groups attached to an aromatic ring is 1. The minimum atomic E-state index is -2.57. The van der Waals surface area contributed by atoms with Crippen molar-refractivity contribution in [2.24, 2.45) is 0 Å². The lowest BCUT2D eigenvalue weighted by molar-refractivity contribution is 0.0814. The fourth-order valence-corrected chi connectivity index (χ4v) is 1.15. The Balaban J connectivity index is 3.04. The molecular weight excluding hydrogens is 202 g/mol. The molecule has 2 N–H and O–H groups in total. The van der Waals surface area contributed by atoms with Gasteiger partial charge in [0.05, 0.1) is 5.69 Å². The number of ether oxygens (including phenoxy) is 1. The molecule has 1 rings (SSSR count). The van der Waals surface area contributed by atoms with E-state index in [1.54, 1.807) is 19.1 Å². The summed E-state index contributed by atoms with van der Waals surface area (Å²) in [6.45, 7) is 0.931. The highest BCUT2D eigenvalue weighted by Crippen LogP contribution is 2.28. The monoisotopic (exact) mass is 212 g/mol. The molecule has 0 unspecified atom stereocenters. The Hall–Kier alpha value is -1.83. The number of nitriles is 1. The summed E-state index contributed by atoms with van der Waals surface area (Å²) in [6, 6.07) is 5.00. The van der Waals surface area contributed by atoms with Crippen molar-refractivity contribution in [3.05, 3.63) is 23.3 Å². The predicted molar refractivity (Wildman–Crippen MR) is 51.8 cm³/mol. The Morgan fingerprint density at radius 2 is 2.20 bits per heavy atom. The molecule has 0 aliphatic carbocycles. The number of anilines is 1. The molecule has 0 spiro atoms. The van der Waals surface area contributed by atoms with Gasteiger partial charge in [0.25, 0.3) is 6.43 Å². The van der Waals surface area contributed by atoms with E-state index < -0.39 is 13.0 Å². The van der Waals surface area contributed by atoms with E-state index in [0.29, 0.717) is 5.56 Å². The molecule has 0 saturated heterocycles. The van der Waals surface area contributed by atoms with Crippen molar-refractivity contribution in [2.75, 3.05) is 12.3 Å². The fraction of sp³-hybridized carbons (Fsp3) is 0.300. The Morgan fingerprint density at radius 3 is 2.73 bits per heavy atom. The van der Waals surface area contributed by atoms with Gasteiger partial charge < -0.3 is 10.5 Å². The molecule has 0 aliphatic rings. The summed E-state index contributed by atoms with van der Waals surface area (Å²) in [4.78, 5) is 0. The molecule has 0 fully saturated rings. The van der Waals surface area contributed by atoms with Crippen molar-refractivity contribution < 1.29 is 13.5 Å². The van der Waals surface area contributed by atoms with Crippen molar-refractivity contribution in [1.82, 2.24) is 0 Å². The Morgan fingerprint density at radius 1 is 1.53 bits per heavy atom. The van der Waals surface area contributed by atoms with Crippen molar-refractivity contribution >= 4 is 5.69 Å². The van der Waals surface area contributed by atoms with Gasteiger partial charge in [0.2, 0.25) is 0 Å². The van der Waals surface area contributed by atoms with Crippen molar-refractivity contribution in [3.63, 3.8) is 0 Å². The van der Waals surface area contributed by atoms with Gasteiger partial charge in [-0.3, -0.25) is 0 Å². The first-order valence-electron chi connectivity index (χ1n) is 4.26. The first-order valence-corrected chi connectivity index (χ1v) is 4.26. The third-order valence-electron chi connectivity index (χ3n) is 1.85. The van der Waals surface area contributed by atoms with Gasteiger partial charge >= 0.3 is 0 Å². The first kappa shape index (κ1) is 11.2. The molecule has 5 heteroatoms. The zero-order valence-electron chi connectivity index (χ0n) is 8.13. The summed E-state index contributed by atoms with van der Waals surface area (Å²) in [6.07, 6.45) is -2.57. The van der Waals surface area contributed by atoms with E-state index in [1.807, 2.05) is 6.07 Å². The molecule has 0 aliphatic heterocycles. The minimum Gasteiger partial charge on any atom is -0.486 e. The molecule has 0 amide bonds. The van der Waals surface area contributed by atoms with Crippen LogP contribution < -0.4 is 10.5 Å². The molecular formula is C10H10F2N2O. The van der Waals surface area contributed by atoms with Crippen LogP contribution in [-0.4, -0.2) is 13.0 Å². The van der Waals surface area contributed by atoms with Gasteiger partial charge in [0.1, 0.15) is 24.0 Å². The highest BCUT2D eigenvalue weighted by atomic mass is 19.3. The third-order valence-corrected chi connectivity index (χ3v) is 1.85. The molecule has 0 atom stereocenters. The van der Waals surface area contributed by atoms with Gasteiger partial charge in [-0.2, -0.15) is 5.26 Å². The standard InChI is InChI=1S/C10H10F2N2O/c1-6-2-3-8(14)7(4-13)10(6)15-5-9(11)12/h2-3,9H,5,14H2,1H3.